The van der Waals surface area contributed by atoms with E-state index in [1.165, 1.54) is 12.1 Å². The van der Waals surface area contributed by atoms with Crippen molar-refractivity contribution in [2.24, 2.45) is 13.0 Å². The van der Waals surface area contributed by atoms with Gasteiger partial charge in [-0.15, -0.1) is 0 Å². The van der Waals surface area contributed by atoms with Crippen molar-refractivity contribution < 1.29 is 13.9 Å². The zero-order valence-electron chi connectivity index (χ0n) is 13.1. The first-order chi connectivity index (χ1) is 11.1. The molecule has 23 heavy (non-hydrogen) atoms. The number of benzene rings is 1. The summed E-state index contributed by atoms with van der Waals surface area (Å²) in [5, 5.41) is 4.17. The van der Waals surface area contributed by atoms with Crippen molar-refractivity contribution in [3.63, 3.8) is 0 Å². The predicted molar refractivity (Wildman–Crippen MR) is 83.7 cm³/mol. The molecule has 1 amide bonds. The number of carbonyl (C=O) groups excluding carboxylic acids is 1. The van der Waals surface area contributed by atoms with Crippen LogP contribution in [0, 0.1) is 11.7 Å². The zero-order valence-corrected chi connectivity index (χ0v) is 13.1. The van der Waals surface area contributed by atoms with Gasteiger partial charge in [-0.1, -0.05) is 0 Å². The van der Waals surface area contributed by atoms with Gasteiger partial charge in [0, 0.05) is 32.3 Å². The summed E-state index contributed by atoms with van der Waals surface area (Å²) < 4.78 is 20.2. The number of piperidine rings is 1. The fourth-order valence-electron chi connectivity index (χ4n) is 2.82. The van der Waals surface area contributed by atoms with Gasteiger partial charge in [-0.3, -0.25) is 9.48 Å². The van der Waals surface area contributed by atoms with Gasteiger partial charge in [0.2, 0.25) is 0 Å². The molecular formula is C17H20FN3O2. The number of aromatic nitrogens is 2. The molecule has 1 aromatic carbocycles. The summed E-state index contributed by atoms with van der Waals surface area (Å²) in [4.78, 5) is 14.3. The highest BCUT2D eigenvalue weighted by Gasteiger charge is 2.26. The lowest BCUT2D eigenvalue weighted by atomic mass is 9.98. The summed E-state index contributed by atoms with van der Waals surface area (Å²) in [6, 6.07) is 7.74. The van der Waals surface area contributed by atoms with Crippen LogP contribution in [0.5, 0.6) is 5.75 Å². The maximum absolute atomic E-state index is 12.9. The van der Waals surface area contributed by atoms with Gasteiger partial charge in [-0.2, -0.15) is 5.10 Å². The van der Waals surface area contributed by atoms with Gasteiger partial charge in [0.15, 0.2) is 0 Å². The monoisotopic (exact) mass is 317 g/mol. The molecule has 122 valence electrons. The van der Waals surface area contributed by atoms with E-state index in [0.717, 1.165) is 19.4 Å². The maximum Gasteiger partial charge on any atom is 0.274 e. The molecule has 0 bridgehead atoms. The molecule has 1 atom stereocenters. The van der Waals surface area contributed by atoms with E-state index in [9.17, 15) is 9.18 Å². The molecule has 0 radical (unpaired) electrons. The van der Waals surface area contributed by atoms with E-state index < -0.39 is 0 Å². The van der Waals surface area contributed by atoms with Gasteiger partial charge in [0.05, 0.1) is 6.61 Å². The number of nitrogens with zero attached hydrogens (tertiary/aromatic N) is 3. The number of amides is 1. The molecule has 0 aliphatic carbocycles. The van der Waals surface area contributed by atoms with Crippen molar-refractivity contribution in [3.05, 3.63) is 48.0 Å². The molecule has 1 aliphatic heterocycles. The number of rotatable bonds is 4. The number of hydrogen-bond donors (Lipinski definition) is 0. The largest absolute Gasteiger partial charge is 0.493 e. The SMILES string of the molecule is Cn1ccc(C(=O)N2CCCC(COc3ccc(F)cc3)C2)n1. The Morgan fingerprint density at radius 1 is 1.35 bits per heavy atom. The Labute approximate surface area is 134 Å². The van der Waals surface area contributed by atoms with Gasteiger partial charge < -0.3 is 9.64 Å². The zero-order chi connectivity index (χ0) is 16.2. The number of carbonyl (C=O) groups is 1. The maximum atomic E-state index is 12.9. The Balaban J connectivity index is 1.55. The average Bonchev–Trinajstić information content (AvgIpc) is 3.00. The molecule has 1 unspecified atom stereocenters. The standard InChI is InChI=1S/C17H20FN3O2/c1-20-10-8-16(19-20)17(22)21-9-2-3-13(11-21)12-23-15-6-4-14(18)5-7-15/h4-8,10,13H,2-3,9,11-12H2,1H3. The lowest BCUT2D eigenvalue weighted by Crippen LogP contribution is -2.41. The number of ether oxygens (including phenoxy) is 1. The fraction of sp³-hybridized carbons (Fsp3) is 0.412. The molecule has 1 aromatic heterocycles. The van der Waals surface area contributed by atoms with Gasteiger partial charge in [-0.25, -0.2) is 4.39 Å². The molecule has 2 aromatic rings. The number of aryl methyl sites for hydroxylation is 1. The first-order valence-electron chi connectivity index (χ1n) is 7.79. The normalized spacial score (nSPS) is 18.0. The minimum Gasteiger partial charge on any atom is -0.493 e. The van der Waals surface area contributed by atoms with Gasteiger partial charge in [0.1, 0.15) is 17.3 Å². The van der Waals surface area contributed by atoms with Crippen LogP contribution in [0.1, 0.15) is 23.3 Å². The third-order valence-corrected chi connectivity index (χ3v) is 4.04. The summed E-state index contributed by atoms with van der Waals surface area (Å²) in [7, 11) is 1.80. The van der Waals surface area contributed by atoms with E-state index in [1.807, 2.05) is 4.90 Å². The van der Waals surface area contributed by atoms with E-state index in [4.69, 9.17) is 4.74 Å². The highest BCUT2D eigenvalue weighted by atomic mass is 19.1. The van der Waals surface area contributed by atoms with Crippen molar-refractivity contribution in [2.75, 3.05) is 19.7 Å². The van der Waals surface area contributed by atoms with Crippen LogP contribution in [0.25, 0.3) is 0 Å². The van der Waals surface area contributed by atoms with Crippen LogP contribution in [0.3, 0.4) is 0 Å². The Morgan fingerprint density at radius 2 is 2.13 bits per heavy atom. The Hall–Kier alpha value is -2.37. The molecule has 6 heteroatoms. The molecule has 0 saturated carbocycles. The third kappa shape index (κ3) is 3.88. The molecule has 1 aliphatic rings. The van der Waals surface area contributed by atoms with Crippen LogP contribution >= 0.6 is 0 Å². The molecule has 3 rings (SSSR count). The number of halogens is 1. The highest BCUT2D eigenvalue weighted by Crippen LogP contribution is 2.20. The average molecular weight is 317 g/mol. The van der Waals surface area contributed by atoms with Crippen LogP contribution in [0.2, 0.25) is 0 Å². The lowest BCUT2D eigenvalue weighted by molar-refractivity contribution is 0.0626. The van der Waals surface area contributed by atoms with Crippen molar-refractivity contribution >= 4 is 5.91 Å². The Kier molecular flexibility index (Phi) is 4.60. The van der Waals surface area contributed by atoms with E-state index in [-0.39, 0.29) is 17.6 Å². The molecule has 2 heterocycles. The summed E-state index contributed by atoms with van der Waals surface area (Å²) in [5.41, 5.74) is 0.479. The number of hydrogen-bond acceptors (Lipinski definition) is 3. The topological polar surface area (TPSA) is 47.4 Å². The van der Waals surface area contributed by atoms with Gasteiger partial charge in [-0.05, 0) is 43.2 Å². The predicted octanol–water partition coefficient (Wildman–Crippen LogP) is 2.49. The molecule has 1 fully saturated rings. The van der Waals surface area contributed by atoms with E-state index in [1.54, 1.807) is 36.1 Å². The highest BCUT2D eigenvalue weighted by molar-refractivity contribution is 5.92. The van der Waals surface area contributed by atoms with Crippen LogP contribution in [0.15, 0.2) is 36.5 Å². The van der Waals surface area contributed by atoms with E-state index in [2.05, 4.69) is 5.10 Å². The van der Waals surface area contributed by atoms with Crippen LogP contribution in [-0.4, -0.2) is 40.3 Å². The second-order valence-electron chi connectivity index (χ2n) is 5.90. The van der Waals surface area contributed by atoms with Crippen LogP contribution < -0.4 is 4.74 Å². The van der Waals surface area contributed by atoms with Crippen molar-refractivity contribution in [1.82, 2.24) is 14.7 Å². The summed E-state index contributed by atoms with van der Waals surface area (Å²) in [6.45, 7) is 1.94. The van der Waals surface area contributed by atoms with Gasteiger partial charge in [0.25, 0.3) is 5.91 Å². The van der Waals surface area contributed by atoms with Crippen LogP contribution in [-0.2, 0) is 7.05 Å². The Bertz CT molecular complexity index is 669. The lowest BCUT2D eigenvalue weighted by Gasteiger charge is -2.32. The molecule has 0 N–H and O–H groups in total. The van der Waals surface area contributed by atoms with E-state index in [0.29, 0.717) is 24.6 Å². The minimum atomic E-state index is -0.276. The summed E-state index contributed by atoms with van der Waals surface area (Å²) in [5.74, 6) is 0.625. The summed E-state index contributed by atoms with van der Waals surface area (Å²) in [6.07, 6.45) is 3.75. The van der Waals surface area contributed by atoms with E-state index >= 15 is 0 Å². The Morgan fingerprint density at radius 3 is 2.83 bits per heavy atom. The molecule has 1 saturated heterocycles. The quantitative estimate of drug-likeness (QED) is 0.870. The minimum absolute atomic E-state index is 0.0305. The number of likely N-dealkylation sites (tertiary alicyclic amines) is 1. The fourth-order valence-corrected chi connectivity index (χ4v) is 2.82. The summed E-state index contributed by atoms with van der Waals surface area (Å²) >= 11 is 0. The molecule has 5 nitrogen and oxygen atoms in total. The van der Waals surface area contributed by atoms with Crippen molar-refractivity contribution in [3.8, 4) is 5.75 Å². The molecule has 0 spiro atoms. The second kappa shape index (κ2) is 6.81. The van der Waals surface area contributed by atoms with Crippen LogP contribution in [0.4, 0.5) is 4.39 Å². The smallest absolute Gasteiger partial charge is 0.274 e. The van der Waals surface area contributed by atoms with Gasteiger partial charge >= 0.3 is 0 Å². The third-order valence-electron chi connectivity index (χ3n) is 4.04. The van der Waals surface area contributed by atoms with Crippen molar-refractivity contribution in [2.45, 2.75) is 12.8 Å². The molecular weight excluding hydrogens is 297 g/mol. The second-order valence-corrected chi connectivity index (χ2v) is 5.90. The first kappa shape index (κ1) is 15.5. The first-order valence-corrected chi connectivity index (χ1v) is 7.79. The van der Waals surface area contributed by atoms with Crippen molar-refractivity contribution in [1.29, 1.82) is 0 Å².